The van der Waals surface area contributed by atoms with Crippen molar-refractivity contribution in [2.24, 2.45) is 0 Å². The lowest BCUT2D eigenvalue weighted by molar-refractivity contribution is 0.417. The highest BCUT2D eigenvalue weighted by Crippen LogP contribution is 2.43. The number of fused-ring (bicyclic) bond motifs is 1. The molecule has 21 heavy (non-hydrogen) atoms. The van der Waals surface area contributed by atoms with Crippen LogP contribution in [-0.4, -0.2) is 29.7 Å². The molecule has 0 saturated carbocycles. The summed E-state index contributed by atoms with van der Waals surface area (Å²) in [7, 11) is 3.21. The van der Waals surface area contributed by atoms with Crippen LogP contribution in [0.2, 0.25) is 0 Å². The zero-order valence-corrected chi connectivity index (χ0v) is 14.0. The van der Waals surface area contributed by atoms with Gasteiger partial charge in [-0.25, -0.2) is 4.21 Å². The molecule has 4 heteroatoms. The Labute approximate surface area is 133 Å². The summed E-state index contributed by atoms with van der Waals surface area (Å²) in [5.74, 6) is 0.896. The second-order valence-electron chi connectivity index (χ2n) is 5.46. The number of hydrogen-bond donors (Lipinski definition) is 0. The lowest BCUT2D eigenvalue weighted by atomic mass is 9.94. The summed E-state index contributed by atoms with van der Waals surface area (Å²) in [6.45, 7) is 1.02. The molecule has 0 radical (unpaired) electrons. The van der Waals surface area contributed by atoms with E-state index < -0.39 is 10.8 Å². The molecule has 1 aromatic rings. The van der Waals surface area contributed by atoms with Gasteiger partial charge in [0.15, 0.2) is 0 Å². The Morgan fingerprint density at radius 1 is 1.33 bits per heavy atom. The van der Waals surface area contributed by atoms with E-state index in [-0.39, 0.29) is 0 Å². The van der Waals surface area contributed by atoms with Crippen LogP contribution in [0.3, 0.4) is 0 Å². The van der Waals surface area contributed by atoms with Crippen LogP contribution < -0.4 is 0 Å². The second kappa shape index (κ2) is 6.34. The Morgan fingerprint density at radius 2 is 2.14 bits per heavy atom. The summed E-state index contributed by atoms with van der Waals surface area (Å²) in [4.78, 5) is 2.19. The van der Waals surface area contributed by atoms with Crippen molar-refractivity contribution >= 4 is 28.1 Å². The Morgan fingerprint density at radius 3 is 2.95 bits per heavy atom. The van der Waals surface area contributed by atoms with E-state index in [1.165, 1.54) is 16.7 Å². The summed E-state index contributed by atoms with van der Waals surface area (Å²) in [6.07, 6.45) is 5.33. The average Bonchev–Trinajstić information content (AvgIpc) is 2.74. The largest absolute Gasteiger partial charge is 0.309 e. The van der Waals surface area contributed by atoms with Gasteiger partial charge in [0.1, 0.15) is 0 Å². The van der Waals surface area contributed by atoms with Crippen molar-refractivity contribution < 1.29 is 4.21 Å². The topological polar surface area (TPSA) is 20.3 Å². The normalized spacial score (nSPS) is 22.6. The summed E-state index contributed by atoms with van der Waals surface area (Å²) in [5, 5.41) is 1.81. The number of thioether (sulfide) groups is 1. The number of hydrogen-bond acceptors (Lipinski definition) is 3. The van der Waals surface area contributed by atoms with Crippen LogP contribution in [0.25, 0.3) is 5.57 Å². The molecule has 2 aliphatic heterocycles. The zero-order chi connectivity index (χ0) is 14.8. The lowest BCUT2D eigenvalue weighted by Gasteiger charge is -2.12. The third kappa shape index (κ3) is 3.07. The fourth-order valence-electron chi connectivity index (χ4n) is 2.59. The highest BCUT2D eigenvalue weighted by atomic mass is 32.2. The maximum absolute atomic E-state index is 12.2. The van der Waals surface area contributed by atoms with Gasteiger partial charge in [-0.2, -0.15) is 0 Å². The maximum Gasteiger partial charge on any atom is 0.0847 e. The van der Waals surface area contributed by atoms with Gasteiger partial charge in [-0.1, -0.05) is 30.3 Å². The Kier molecular flexibility index (Phi) is 4.48. The average molecular weight is 317 g/mol. The smallest absolute Gasteiger partial charge is 0.0847 e. The van der Waals surface area contributed by atoms with Crippen LogP contribution >= 0.6 is 11.8 Å². The van der Waals surface area contributed by atoms with Crippen molar-refractivity contribution in [3.05, 3.63) is 62.8 Å². The molecule has 0 aliphatic carbocycles. The standard InChI is InChI=1S/C17H19NOS2/c1-18(2)10-5-8-15-14-7-4-3-6-13(14)12-20-17-16(15)9-11-21(17)19/h3-4,6-9,11H,5,10,12H2,1-2H3/b15-8-. The van der Waals surface area contributed by atoms with Gasteiger partial charge in [0.2, 0.25) is 0 Å². The van der Waals surface area contributed by atoms with Crippen molar-refractivity contribution in [2.45, 2.75) is 12.2 Å². The molecule has 2 aliphatic rings. The first-order valence-corrected chi connectivity index (χ1v) is 9.26. The highest BCUT2D eigenvalue weighted by Gasteiger charge is 2.25. The quantitative estimate of drug-likeness (QED) is 0.847. The van der Waals surface area contributed by atoms with Crippen LogP contribution in [-0.2, 0) is 16.6 Å². The Balaban J connectivity index is 2.05. The van der Waals surface area contributed by atoms with E-state index >= 15 is 0 Å². The van der Waals surface area contributed by atoms with Crippen molar-refractivity contribution in [3.63, 3.8) is 0 Å². The number of allylic oxidation sites excluding steroid dienone is 3. The molecular weight excluding hydrogens is 298 g/mol. The second-order valence-corrected chi connectivity index (χ2v) is 7.98. The number of rotatable bonds is 3. The van der Waals surface area contributed by atoms with Crippen molar-refractivity contribution in [1.82, 2.24) is 4.90 Å². The molecular formula is C17H19NOS2. The van der Waals surface area contributed by atoms with E-state index in [1.807, 2.05) is 11.5 Å². The molecule has 2 heterocycles. The van der Waals surface area contributed by atoms with Crippen LogP contribution in [0.15, 0.2) is 51.6 Å². The van der Waals surface area contributed by atoms with Gasteiger partial charge in [-0.3, -0.25) is 0 Å². The Bertz CT molecular complexity index is 671. The molecule has 110 valence electrons. The molecule has 0 aromatic heterocycles. The van der Waals surface area contributed by atoms with E-state index in [1.54, 1.807) is 11.8 Å². The molecule has 1 aromatic carbocycles. The van der Waals surface area contributed by atoms with Gasteiger partial charge >= 0.3 is 0 Å². The van der Waals surface area contributed by atoms with Gasteiger partial charge in [0.25, 0.3) is 0 Å². The van der Waals surface area contributed by atoms with Gasteiger partial charge in [-0.05, 0) is 43.3 Å². The van der Waals surface area contributed by atoms with E-state index in [0.717, 1.165) is 28.5 Å². The first kappa shape index (κ1) is 14.8. The summed E-state index contributed by atoms with van der Waals surface area (Å²) in [5.41, 5.74) is 5.02. The van der Waals surface area contributed by atoms with Gasteiger partial charge in [0, 0.05) is 23.3 Å². The molecule has 0 N–H and O–H groups in total. The minimum Gasteiger partial charge on any atom is -0.309 e. The third-order valence-electron chi connectivity index (χ3n) is 3.64. The fraction of sp³-hybridized carbons (Fsp3) is 0.294. The molecule has 0 fully saturated rings. The lowest BCUT2D eigenvalue weighted by Crippen LogP contribution is -2.12. The molecule has 0 saturated heterocycles. The molecule has 0 amide bonds. The van der Waals surface area contributed by atoms with Gasteiger partial charge < -0.3 is 4.90 Å². The monoisotopic (exact) mass is 317 g/mol. The first-order valence-electron chi connectivity index (χ1n) is 7.06. The predicted octanol–water partition coefficient (Wildman–Crippen LogP) is 3.76. The number of benzene rings is 1. The predicted molar refractivity (Wildman–Crippen MR) is 93.2 cm³/mol. The van der Waals surface area contributed by atoms with Crippen LogP contribution in [0.1, 0.15) is 17.5 Å². The van der Waals surface area contributed by atoms with Crippen LogP contribution in [0.5, 0.6) is 0 Å². The van der Waals surface area contributed by atoms with E-state index in [0.29, 0.717) is 0 Å². The molecule has 2 nitrogen and oxygen atoms in total. The summed E-state index contributed by atoms with van der Waals surface area (Å²) >= 11 is 1.71. The SMILES string of the molecule is CN(C)CC/C=C1\C2=C(SCc3ccccc31)S(=O)C=C2. The minimum absolute atomic E-state index is 0.896. The molecule has 1 atom stereocenters. The minimum atomic E-state index is -0.963. The van der Waals surface area contributed by atoms with Crippen LogP contribution in [0.4, 0.5) is 0 Å². The van der Waals surface area contributed by atoms with Gasteiger partial charge in [-0.15, -0.1) is 11.8 Å². The van der Waals surface area contributed by atoms with Crippen molar-refractivity contribution in [1.29, 1.82) is 0 Å². The third-order valence-corrected chi connectivity index (χ3v) is 6.39. The van der Waals surface area contributed by atoms with Crippen LogP contribution in [0, 0.1) is 0 Å². The molecule has 0 bridgehead atoms. The maximum atomic E-state index is 12.2. The first-order chi connectivity index (χ1) is 10.2. The molecule has 3 rings (SSSR count). The van der Waals surface area contributed by atoms with E-state index in [9.17, 15) is 4.21 Å². The van der Waals surface area contributed by atoms with Gasteiger partial charge in [0.05, 0.1) is 15.0 Å². The summed E-state index contributed by atoms with van der Waals surface area (Å²) in [6, 6.07) is 8.53. The molecule has 1 unspecified atom stereocenters. The highest BCUT2D eigenvalue weighted by molar-refractivity contribution is 8.17. The molecule has 0 spiro atoms. The van der Waals surface area contributed by atoms with Crippen molar-refractivity contribution in [2.75, 3.05) is 20.6 Å². The Hall–Kier alpha value is -1.10. The zero-order valence-electron chi connectivity index (χ0n) is 12.3. The van der Waals surface area contributed by atoms with E-state index in [4.69, 9.17) is 0 Å². The van der Waals surface area contributed by atoms with E-state index in [2.05, 4.69) is 49.3 Å². The fourth-order valence-corrected chi connectivity index (χ4v) is 5.05. The number of nitrogens with zero attached hydrogens (tertiary/aromatic N) is 1. The van der Waals surface area contributed by atoms with Crippen molar-refractivity contribution in [3.8, 4) is 0 Å². The summed E-state index contributed by atoms with van der Waals surface area (Å²) < 4.78 is 13.2.